The molecule has 0 radical (unpaired) electrons. The molecule has 0 bridgehead atoms. The summed E-state index contributed by atoms with van der Waals surface area (Å²) < 4.78 is 2.16. The second-order valence-electron chi connectivity index (χ2n) is 1.80. The summed E-state index contributed by atoms with van der Waals surface area (Å²) >= 11 is 14.1. The van der Waals surface area contributed by atoms with Crippen molar-refractivity contribution in [2.75, 3.05) is 5.21 Å². The number of halogens is 3. The molecule has 0 atom stereocenters. The lowest BCUT2D eigenvalue weighted by molar-refractivity contribution is 1.36. The quantitative estimate of drug-likeness (QED) is 0.572. The van der Waals surface area contributed by atoms with E-state index in [2.05, 4.69) is 31.9 Å². The molecule has 60 valence electrons. The van der Waals surface area contributed by atoms with Gasteiger partial charge in [-0.2, -0.15) is 0 Å². The van der Waals surface area contributed by atoms with Crippen molar-refractivity contribution in [3.63, 3.8) is 0 Å². The molecular formula is C7H5Br2ClS. The van der Waals surface area contributed by atoms with Gasteiger partial charge in [-0.1, -0.05) is 6.07 Å². The van der Waals surface area contributed by atoms with Gasteiger partial charge in [0.05, 0.1) is 5.21 Å². The van der Waals surface area contributed by atoms with Gasteiger partial charge in [0.15, 0.2) is 0 Å². The van der Waals surface area contributed by atoms with Crippen LogP contribution >= 0.6 is 55.2 Å². The summed E-state index contributed by atoms with van der Waals surface area (Å²) in [7, 11) is 0. The highest BCUT2D eigenvalue weighted by atomic mass is 79.9. The molecule has 11 heavy (non-hydrogen) atoms. The fourth-order valence-electron chi connectivity index (χ4n) is 0.675. The van der Waals surface area contributed by atoms with Crippen molar-refractivity contribution >= 4 is 55.2 Å². The van der Waals surface area contributed by atoms with E-state index in [0.29, 0.717) is 5.21 Å². The molecule has 0 N–H and O–H groups in total. The second-order valence-corrected chi connectivity index (χ2v) is 5.08. The molecular weight excluding hydrogens is 311 g/mol. The first-order chi connectivity index (χ1) is 5.25. The van der Waals surface area contributed by atoms with Gasteiger partial charge in [-0.25, -0.2) is 0 Å². The third kappa shape index (κ3) is 2.65. The van der Waals surface area contributed by atoms with E-state index in [1.807, 2.05) is 18.2 Å². The zero-order valence-corrected chi connectivity index (χ0v) is 10.2. The molecule has 0 nitrogen and oxygen atoms in total. The van der Waals surface area contributed by atoms with Gasteiger partial charge in [0.25, 0.3) is 0 Å². The smallest absolute Gasteiger partial charge is 0.0728 e. The lowest BCUT2D eigenvalue weighted by Crippen LogP contribution is -1.76. The molecule has 0 saturated carbocycles. The van der Waals surface area contributed by atoms with Gasteiger partial charge < -0.3 is 0 Å². The summed E-state index contributed by atoms with van der Waals surface area (Å²) in [6, 6.07) is 5.98. The molecule has 0 aliphatic carbocycles. The van der Waals surface area contributed by atoms with E-state index in [4.69, 9.17) is 11.6 Å². The van der Waals surface area contributed by atoms with Crippen molar-refractivity contribution in [2.45, 2.75) is 4.90 Å². The van der Waals surface area contributed by atoms with E-state index in [1.165, 1.54) is 0 Å². The number of hydrogen-bond donors (Lipinski definition) is 0. The highest BCUT2D eigenvalue weighted by Gasteiger charge is 2.02. The number of hydrogen-bond acceptors (Lipinski definition) is 1. The Hall–Kier alpha value is 0.820. The largest absolute Gasteiger partial charge is 0.114 e. The lowest BCUT2D eigenvalue weighted by Gasteiger charge is -2.02. The monoisotopic (exact) mass is 314 g/mol. The second kappa shape index (κ2) is 4.75. The summed E-state index contributed by atoms with van der Waals surface area (Å²) in [6.45, 7) is 0. The van der Waals surface area contributed by atoms with Gasteiger partial charge >= 0.3 is 0 Å². The highest BCUT2D eigenvalue weighted by Crippen LogP contribution is 2.34. The van der Waals surface area contributed by atoms with Crippen LogP contribution in [-0.4, -0.2) is 5.21 Å². The summed E-state index contributed by atoms with van der Waals surface area (Å²) in [5, 5.41) is 0.571. The summed E-state index contributed by atoms with van der Waals surface area (Å²) in [5.74, 6) is 0. The van der Waals surface area contributed by atoms with Crippen LogP contribution in [0.3, 0.4) is 0 Å². The van der Waals surface area contributed by atoms with Crippen LogP contribution in [0.5, 0.6) is 0 Å². The lowest BCUT2D eigenvalue weighted by atomic mass is 10.4. The fourth-order valence-corrected chi connectivity index (χ4v) is 3.21. The van der Waals surface area contributed by atoms with Crippen molar-refractivity contribution in [3.05, 3.63) is 27.1 Å². The standard InChI is InChI=1S/C7H5Br2ClS/c8-5-2-1-3-6(9)7(5)11-4-10/h1-3H,4H2. The van der Waals surface area contributed by atoms with Gasteiger partial charge in [-0.15, -0.1) is 23.4 Å². The van der Waals surface area contributed by atoms with Crippen molar-refractivity contribution in [3.8, 4) is 0 Å². The Kier molecular flexibility index (Phi) is 4.28. The zero-order chi connectivity index (χ0) is 8.27. The van der Waals surface area contributed by atoms with E-state index in [-0.39, 0.29) is 0 Å². The molecule has 0 aliphatic rings. The minimum Gasteiger partial charge on any atom is -0.114 e. The Morgan fingerprint density at radius 1 is 1.27 bits per heavy atom. The van der Waals surface area contributed by atoms with Crippen LogP contribution in [0.2, 0.25) is 0 Å². The van der Waals surface area contributed by atoms with Crippen molar-refractivity contribution in [1.29, 1.82) is 0 Å². The van der Waals surface area contributed by atoms with Crippen LogP contribution in [0, 0.1) is 0 Å². The van der Waals surface area contributed by atoms with Gasteiger partial charge in [0.1, 0.15) is 0 Å². The van der Waals surface area contributed by atoms with Crippen molar-refractivity contribution in [1.82, 2.24) is 0 Å². The molecule has 1 rings (SSSR count). The summed E-state index contributed by atoms with van der Waals surface area (Å²) in [4.78, 5) is 1.16. The molecule has 0 fully saturated rings. The van der Waals surface area contributed by atoms with Crippen LogP contribution in [-0.2, 0) is 0 Å². The molecule has 0 saturated heterocycles. The van der Waals surface area contributed by atoms with E-state index in [0.717, 1.165) is 13.8 Å². The van der Waals surface area contributed by atoms with Gasteiger partial charge in [-0.05, 0) is 44.0 Å². The third-order valence-corrected chi connectivity index (χ3v) is 4.13. The van der Waals surface area contributed by atoms with Crippen molar-refractivity contribution in [2.24, 2.45) is 0 Å². The maximum atomic E-state index is 5.60. The number of thioether (sulfide) groups is 1. The number of benzene rings is 1. The van der Waals surface area contributed by atoms with Crippen LogP contribution in [0.25, 0.3) is 0 Å². The minimum absolute atomic E-state index is 0.571. The molecule has 1 aromatic carbocycles. The van der Waals surface area contributed by atoms with Crippen LogP contribution in [0.15, 0.2) is 32.0 Å². The Balaban J connectivity index is 3.00. The summed E-state index contributed by atoms with van der Waals surface area (Å²) in [5.41, 5.74) is 0. The molecule has 0 aliphatic heterocycles. The third-order valence-electron chi connectivity index (χ3n) is 1.12. The zero-order valence-electron chi connectivity index (χ0n) is 5.48. The molecule has 4 heteroatoms. The predicted molar refractivity (Wildman–Crippen MR) is 58.4 cm³/mol. The first-order valence-electron chi connectivity index (χ1n) is 2.88. The molecule has 0 spiro atoms. The first-order valence-corrected chi connectivity index (χ1v) is 5.99. The Labute approximate surface area is 92.0 Å². The van der Waals surface area contributed by atoms with E-state index < -0.39 is 0 Å². The van der Waals surface area contributed by atoms with Gasteiger partial charge in [0.2, 0.25) is 0 Å². The molecule has 0 amide bonds. The highest BCUT2D eigenvalue weighted by molar-refractivity contribution is 9.11. The normalized spacial score (nSPS) is 10.1. The summed E-state index contributed by atoms with van der Waals surface area (Å²) in [6.07, 6.45) is 0. The fraction of sp³-hybridized carbons (Fsp3) is 0.143. The Bertz CT molecular complexity index is 232. The van der Waals surface area contributed by atoms with Gasteiger partial charge in [0, 0.05) is 13.8 Å². The molecule has 0 aromatic heterocycles. The average Bonchev–Trinajstić information content (AvgIpc) is 1.97. The van der Waals surface area contributed by atoms with Crippen molar-refractivity contribution < 1.29 is 0 Å². The molecule has 0 unspecified atom stereocenters. The maximum absolute atomic E-state index is 5.60. The van der Waals surface area contributed by atoms with Crippen LogP contribution in [0.4, 0.5) is 0 Å². The first kappa shape index (κ1) is 9.90. The van der Waals surface area contributed by atoms with Crippen LogP contribution < -0.4 is 0 Å². The SMILES string of the molecule is ClCSc1c(Br)cccc1Br. The van der Waals surface area contributed by atoms with Gasteiger partial charge in [-0.3, -0.25) is 0 Å². The predicted octanol–water partition coefficient (Wildman–Crippen LogP) is 4.50. The average molecular weight is 316 g/mol. The minimum atomic E-state index is 0.571. The van der Waals surface area contributed by atoms with Crippen LogP contribution in [0.1, 0.15) is 0 Å². The van der Waals surface area contributed by atoms with E-state index >= 15 is 0 Å². The Morgan fingerprint density at radius 3 is 2.27 bits per heavy atom. The molecule has 1 aromatic rings. The number of alkyl halides is 1. The van der Waals surface area contributed by atoms with E-state index in [9.17, 15) is 0 Å². The number of rotatable bonds is 2. The maximum Gasteiger partial charge on any atom is 0.0728 e. The topological polar surface area (TPSA) is 0 Å². The Morgan fingerprint density at radius 2 is 1.82 bits per heavy atom. The van der Waals surface area contributed by atoms with E-state index in [1.54, 1.807) is 11.8 Å². The molecule has 0 heterocycles.